The lowest BCUT2D eigenvalue weighted by atomic mass is 10.2. The number of ether oxygens (including phenoxy) is 2. The smallest absolute Gasteiger partial charge is 0.335 e. The summed E-state index contributed by atoms with van der Waals surface area (Å²) in [7, 11) is 0. The SMILES string of the molecule is [N-]=[N+]=NC[C@H]1C[C@H](OCc2ccccc2)C(=O)O1. The first-order valence-corrected chi connectivity index (χ1v) is 5.66. The molecule has 0 amide bonds. The highest BCUT2D eigenvalue weighted by atomic mass is 16.6. The maximum atomic E-state index is 11.5. The van der Waals surface area contributed by atoms with Gasteiger partial charge in [0.25, 0.3) is 0 Å². The van der Waals surface area contributed by atoms with Gasteiger partial charge in [-0.3, -0.25) is 0 Å². The van der Waals surface area contributed by atoms with Crippen LogP contribution in [-0.4, -0.2) is 24.7 Å². The minimum atomic E-state index is -0.566. The standard InChI is InChI=1S/C12H13N3O3/c13-15-14-7-10-6-11(12(16)18-10)17-8-9-4-2-1-3-5-9/h1-5,10-11H,6-8H2/t10-,11+/m1/s1. The molecular weight excluding hydrogens is 234 g/mol. The number of benzene rings is 1. The molecule has 1 aliphatic heterocycles. The predicted molar refractivity (Wildman–Crippen MR) is 63.5 cm³/mol. The van der Waals surface area contributed by atoms with Crippen molar-refractivity contribution >= 4 is 5.97 Å². The zero-order chi connectivity index (χ0) is 12.8. The van der Waals surface area contributed by atoms with Gasteiger partial charge in [0.1, 0.15) is 6.10 Å². The molecule has 6 nitrogen and oxygen atoms in total. The van der Waals surface area contributed by atoms with Crippen molar-refractivity contribution in [2.75, 3.05) is 6.54 Å². The summed E-state index contributed by atoms with van der Waals surface area (Å²) in [5.74, 6) is -0.385. The van der Waals surface area contributed by atoms with E-state index < -0.39 is 6.10 Å². The van der Waals surface area contributed by atoms with Crippen molar-refractivity contribution in [1.29, 1.82) is 0 Å². The van der Waals surface area contributed by atoms with Gasteiger partial charge in [0.15, 0.2) is 6.10 Å². The van der Waals surface area contributed by atoms with Crippen LogP contribution in [0.25, 0.3) is 10.4 Å². The number of esters is 1. The molecule has 1 heterocycles. The molecule has 1 aromatic carbocycles. The first-order valence-electron chi connectivity index (χ1n) is 5.66. The summed E-state index contributed by atoms with van der Waals surface area (Å²) in [5, 5.41) is 3.39. The van der Waals surface area contributed by atoms with Crippen molar-refractivity contribution in [2.45, 2.75) is 25.2 Å². The van der Waals surface area contributed by atoms with E-state index in [9.17, 15) is 4.79 Å². The Morgan fingerprint density at radius 3 is 2.94 bits per heavy atom. The average Bonchev–Trinajstić information content (AvgIpc) is 2.76. The van der Waals surface area contributed by atoms with E-state index in [4.69, 9.17) is 15.0 Å². The van der Waals surface area contributed by atoms with Crippen LogP contribution >= 0.6 is 0 Å². The third-order valence-corrected chi connectivity index (χ3v) is 2.67. The van der Waals surface area contributed by atoms with Gasteiger partial charge in [-0.15, -0.1) is 0 Å². The number of nitrogens with zero attached hydrogens (tertiary/aromatic N) is 3. The Labute approximate surface area is 104 Å². The van der Waals surface area contributed by atoms with Crippen molar-refractivity contribution in [3.05, 3.63) is 46.3 Å². The predicted octanol–water partition coefficient (Wildman–Crippen LogP) is 2.20. The summed E-state index contributed by atoms with van der Waals surface area (Å²) >= 11 is 0. The monoisotopic (exact) mass is 247 g/mol. The van der Waals surface area contributed by atoms with Gasteiger partial charge in [0, 0.05) is 11.3 Å². The molecule has 18 heavy (non-hydrogen) atoms. The number of hydrogen-bond donors (Lipinski definition) is 0. The molecule has 0 unspecified atom stereocenters. The Morgan fingerprint density at radius 2 is 2.22 bits per heavy atom. The van der Waals surface area contributed by atoms with Gasteiger partial charge in [0.2, 0.25) is 0 Å². The molecule has 0 N–H and O–H groups in total. The Hall–Kier alpha value is -2.04. The molecule has 2 atom stereocenters. The number of azide groups is 1. The number of carbonyl (C=O) groups excluding carboxylic acids is 1. The van der Waals surface area contributed by atoms with Gasteiger partial charge in [-0.25, -0.2) is 4.79 Å². The molecule has 1 fully saturated rings. The Bertz CT molecular complexity index is 457. The van der Waals surface area contributed by atoms with Crippen LogP contribution in [0.5, 0.6) is 0 Å². The summed E-state index contributed by atoms with van der Waals surface area (Å²) in [6, 6.07) is 9.60. The van der Waals surface area contributed by atoms with Crippen molar-refractivity contribution < 1.29 is 14.3 Å². The second-order valence-electron chi connectivity index (χ2n) is 3.99. The second kappa shape index (κ2) is 6.05. The molecule has 0 bridgehead atoms. The molecule has 1 aromatic rings. The van der Waals surface area contributed by atoms with Crippen molar-refractivity contribution in [1.82, 2.24) is 0 Å². The second-order valence-corrected chi connectivity index (χ2v) is 3.99. The highest BCUT2D eigenvalue weighted by Crippen LogP contribution is 2.19. The van der Waals surface area contributed by atoms with E-state index in [1.807, 2.05) is 30.3 Å². The van der Waals surface area contributed by atoms with Gasteiger partial charge in [-0.1, -0.05) is 35.4 Å². The average molecular weight is 247 g/mol. The molecule has 0 spiro atoms. The van der Waals surface area contributed by atoms with Gasteiger partial charge < -0.3 is 9.47 Å². The van der Waals surface area contributed by atoms with Crippen molar-refractivity contribution in [3.63, 3.8) is 0 Å². The molecule has 2 rings (SSSR count). The largest absolute Gasteiger partial charge is 0.460 e. The zero-order valence-corrected chi connectivity index (χ0v) is 9.73. The molecule has 1 saturated heterocycles. The molecule has 6 heteroatoms. The Morgan fingerprint density at radius 1 is 1.44 bits per heavy atom. The Balaban J connectivity index is 1.83. The molecule has 0 aliphatic carbocycles. The zero-order valence-electron chi connectivity index (χ0n) is 9.73. The first-order chi connectivity index (χ1) is 8.79. The topological polar surface area (TPSA) is 84.3 Å². The fraction of sp³-hybridized carbons (Fsp3) is 0.417. The Kier molecular flexibility index (Phi) is 4.17. The molecule has 94 valence electrons. The van der Waals surface area contributed by atoms with Crippen molar-refractivity contribution in [2.24, 2.45) is 5.11 Å². The fourth-order valence-electron chi connectivity index (χ4n) is 1.77. The van der Waals surface area contributed by atoms with Crippen LogP contribution < -0.4 is 0 Å². The highest BCUT2D eigenvalue weighted by Gasteiger charge is 2.34. The van der Waals surface area contributed by atoms with Crippen LogP contribution in [0, 0.1) is 0 Å². The summed E-state index contributed by atoms with van der Waals surface area (Å²) < 4.78 is 10.5. The van der Waals surface area contributed by atoms with E-state index in [-0.39, 0.29) is 18.6 Å². The van der Waals surface area contributed by atoms with Crippen LogP contribution in [0.15, 0.2) is 35.4 Å². The van der Waals surface area contributed by atoms with Crippen LogP contribution in [-0.2, 0) is 20.9 Å². The van der Waals surface area contributed by atoms with Crippen molar-refractivity contribution in [3.8, 4) is 0 Å². The van der Waals surface area contributed by atoms with Gasteiger partial charge in [-0.05, 0) is 11.1 Å². The van der Waals surface area contributed by atoms with E-state index >= 15 is 0 Å². The normalized spacial score (nSPS) is 22.3. The number of cyclic esters (lactones) is 1. The highest BCUT2D eigenvalue weighted by molar-refractivity contribution is 5.76. The lowest BCUT2D eigenvalue weighted by Crippen LogP contribution is -2.18. The minimum absolute atomic E-state index is 0.160. The maximum absolute atomic E-state index is 11.5. The van der Waals surface area contributed by atoms with Crippen LogP contribution in [0.4, 0.5) is 0 Å². The van der Waals surface area contributed by atoms with Crippen LogP contribution in [0.3, 0.4) is 0 Å². The third kappa shape index (κ3) is 3.23. The van der Waals surface area contributed by atoms with Gasteiger partial charge in [0.05, 0.1) is 13.2 Å². The van der Waals surface area contributed by atoms with Gasteiger partial charge >= 0.3 is 5.97 Å². The molecule has 1 aliphatic rings. The quantitative estimate of drug-likeness (QED) is 0.346. The third-order valence-electron chi connectivity index (χ3n) is 2.67. The van der Waals surface area contributed by atoms with E-state index in [1.54, 1.807) is 0 Å². The van der Waals surface area contributed by atoms with E-state index in [0.29, 0.717) is 13.0 Å². The maximum Gasteiger partial charge on any atom is 0.335 e. The van der Waals surface area contributed by atoms with E-state index in [2.05, 4.69) is 10.0 Å². The number of hydrogen-bond acceptors (Lipinski definition) is 4. The summed E-state index contributed by atoms with van der Waals surface area (Å²) in [4.78, 5) is 14.1. The minimum Gasteiger partial charge on any atom is -0.460 e. The van der Waals surface area contributed by atoms with Crippen LogP contribution in [0.2, 0.25) is 0 Å². The lowest BCUT2D eigenvalue weighted by molar-refractivity contribution is -0.150. The van der Waals surface area contributed by atoms with E-state index in [1.165, 1.54) is 0 Å². The molecular formula is C12H13N3O3. The lowest BCUT2D eigenvalue weighted by Gasteiger charge is -2.07. The molecule has 0 saturated carbocycles. The molecule has 0 aromatic heterocycles. The fourth-order valence-corrected chi connectivity index (χ4v) is 1.77. The number of carbonyl (C=O) groups is 1. The van der Waals surface area contributed by atoms with E-state index in [0.717, 1.165) is 5.56 Å². The summed E-state index contributed by atoms with van der Waals surface area (Å²) in [6.45, 7) is 0.530. The molecule has 0 radical (unpaired) electrons. The first kappa shape index (κ1) is 12.4. The number of rotatable bonds is 5. The summed E-state index contributed by atoms with van der Waals surface area (Å²) in [5.41, 5.74) is 9.20. The van der Waals surface area contributed by atoms with Crippen LogP contribution in [0.1, 0.15) is 12.0 Å². The van der Waals surface area contributed by atoms with Gasteiger partial charge in [-0.2, -0.15) is 0 Å². The summed E-state index contributed by atoms with van der Waals surface area (Å²) in [6.07, 6.45) is -0.497.